The van der Waals surface area contributed by atoms with E-state index in [-0.39, 0.29) is 42.1 Å². The van der Waals surface area contributed by atoms with E-state index in [9.17, 15) is 18.0 Å². The fourth-order valence-corrected chi connectivity index (χ4v) is 6.81. The largest absolute Gasteiger partial charge is 0.380 e. The van der Waals surface area contributed by atoms with Gasteiger partial charge < -0.3 is 10.2 Å². The second kappa shape index (κ2) is 9.06. The Balaban J connectivity index is 1.33. The molecule has 2 N–H and O–H groups in total. The molecule has 0 unspecified atom stereocenters. The maximum Gasteiger partial charge on any atom is 0.272 e. The van der Waals surface area contributed by atoms with Gasteiger partial charge >= 0.3 is 0 Å². The number of halogens is 4. The van der Waals surface area contributed by atoms with Crippen LogP contribution in [0.15, 0.2) is 41.2 Å². The lowest BCUT2D eigenvalue weighted by molar-refractivity contribution is -0.0570. The molecule has 2 aromatic carbocycles. The molecule has 6 rings (SSSR count). The van der Waals surface area contributed by atoms with Crippen LogP contribution in [0.1, 0.15) is 55.7 Å². The highest BCUT2D eigenvalue weighted by Gasteiger charge is 2.42. The van der Waals surface area contributed by atoms with Gasteiger partial charge in [-0.2, -0.15) is 5.10 Å². The third-order valence-electron chi connectivity index (χ3n) is 8.38. The molecule has 1 saturated heterocycles. The molecule has 3 aliphatic rings. The second-order valence-electron chi connectivity index (χ2n) is 10.4. The van der Waals surface area contributed by atoms with Crippen molar-refractivity contribution in [2.24, 2.45) is 5.92 Å². The summed E-state index contributed by atoms with van der Waals surface area (Å²) in [6.07, 6.45) is 2.76. The molecule has 0 bridgehead atoms. The molecule has 2 fully saturated rings. The highest BCUT2D eigenvalue weighted by Crippen LogP contribution is 2.46. The zero-order valence-corrected chi connectivity index (χ0v) is 20.5. The molecule has 9 heteroatoms. The van der Waals surface area contributed by atoms with Gasteiger partial charge in [-0.1, -0.05) is 29.8 Å². The van der Waals surface area contributed by atoms with E-state index in [0.29, 0.717) is 34.6 Å². The molecular formula is C27H28ClF3N4O. The minimum Gasteiger partial charge on any atom is -0.380 e. The van der Waals surface area contributed by atoms with Crippen LogP contribution >= 0.6 is 11.6 Å². The second-order valence-corrected chi connectivity index (χ2v) is 10.9. The minimum absolute atomic E-state index is 0.0351. The summed E-state index contributed by atoms with van der Waals surface area (Å²) in [4.78, 5) is 14.9. The van der Waals surface area contributed by atoms with Crippen LogP contribution in [-0.4, -0.2) is 46.2 Å². The van der Waals surface area contributed by atoms with Gasteiger partial charge in [-0.3, -0.25) is 4.79 Å². The first-order chi connectivity index (χ1) is 17.3. The molecule has 3 aromatic rings. The Morgan fingerprint density at radius 3 is 2.50 bits per heavy atom. The Morgan fingerprint density at radius 2 is 1.78 bits per heavy atom. The number of anilines is 1. The average Bonchev–Trinajstić information content (AvgIpc) is 2.86. The van der Waals surface area contributed by atoms with Crippen molar-refractivity contribution in [3.05, 3.63) is 68.8 Å². The Morgan fingerprint density at radius 1 is 1.06 bits per heavy atom. The number of alkyl halides is 2. The molecule has 3 heterocycles. The molecule has 36 heavy (non-hydrogen) atoms. The number of aromatic nitrogens is 2. The van der Waals surface area contributed by atoms with Gasteiger partial charge in [-0.05, 0) is 68.5 Å². The SMILES string of the molecule is O=c1[nH]nc2c3c(cc(F)cc13)N[C@@H](C1CCN(C3CCC(F)(F)CC3)CC1)[C@@H]2c1ccccc1Cl. The molecule has 5 nitrogen and oxygen atoms in total. The normalized spacial score (nSPS) is 25.1. The number of rotatable bonds is 3. The minimum atomic E-state index is -2.53. The van der Waals surface area contributed by atoms with Gasteiger partial charge in [0.1, 0.15) is 5.82 Å². The standard InChI is InChI=1S/C27H28ClF3N4O/c28-20-4-2-1-3-18(20)23-24(15-7-11-35(12-8-15)17-5-9-27(30,31)10-6-17)32-21-14-16(29)13-19-22(21)25(23)33-34-26(19)36/h1-4,13-15,17,23-24,32H,5-12H2,(H,34,36)/t23-,24-/m0/s1. The van der Waals surface area contributed by atoms with E-state index < -0.39 is 17.3 Å². The third kappa shape index (κ3) is 4.18. The van der Waals surface area contributed by atoms with Crippen LogP contribution in [0.25, 0.3) is 10.8 Å². The van der Waals surface area contributed by atoms with Crippen molar-refractivity contribution < 1.29 is 13.2 Å². The van der Waals surface area contributed by atoms with Crippen LogP contribution in [-0.2, 0) is 0 Å². The van der Waals surface area contributed by atoms with Crippen LogP contribution in [0.3, 0.4) is 0 Å². The van der Waals surface area contributed by atoms with Crippen molar-refractivity contribution in [3.63, 3.8) is 0 Å². The van der Waals surface area contributed by atoms with E-state index >= 15 is 0 Å². The number of benzene rings is 2. The van der Waals surface area contributed by atoms with Gasteiger partial charge in [0, 0.05) is 41.0 Å². The number of piperidine rings is 1. The predicted octanol–water partition coefficient (Wildman–Crippen LogP) is 5.93. The fourth-order valence-electron chi connectivity index (χ4n) is 6.55. The molecule has 190 valence electrons. The summed E-state index contributed by atoms with van der Waals surface area (Å²) < 4.78 is 41.8. The number of H-pyrrole nitrogens is 1. The topological polar surface area (TPSA) is 61.0 Å². The number of nitrogens with zero attached hydrogens (tertiary/aromatic N) is 2. The maximum absolute atomic E-state index is 14.5. The van der Waals surface area contributed by atoms with Gasteiger partial charge in [-0.15, -0.1) is 0 Å². The van der Waals surface area contributed by atoms with Crippen molar-refractivity contribution in [1.29, 1.82) is 0 Å². The number of aromatic amines is 1. The van der Waals surface area contributed by atoms with Crippen LogP contribution in [0.5, 0.6) is 0 Å². The summed E-state index contributed by atoms with van der Waals surface area (Å²) >= 11 is 6.67. The molecule has 0 amide bonds. The van der Waals surface area contributed by atoms with Gasteiger partial charge in [0.25, 0.3) is 5.56 Å². The Labute approximate surface area is 212 Å². The highest BCUT2D eigenvalue weighted by atomic mass is 35.5. The number of likely N-dealkylation sites (tertiary alicyclic amines) is 1. The van der Waals surface area contributed by atoms with E-state index in [1.165, 1.54) is 12.1 Å². The van der Waals surface area contributed by atoms with Crippen LogP contribution in [0.2, 0.25) is 5.02 Å². The number of nitrogens with one attached hydrogen (secondary N) is 2. The van der Waals surface area contributed by atoms with Crippen LogP contribution < -0.4 is 10.9 Å². The molecule has 2 atom stereocenters. The van der Waals surface area contributed by atoms with Crippen LogP contribution in [0, 0.1) is 11.7 Å². The monoisotopic (exact) mass is 516 g/mol. The first-order valence-corrected chi connectivity index (χ1v) is 13.0. The Bertz CT molecular complexity index is 1340. The van der Waals surface area contributed by atoms with Crippen LogP contribution in [0.4, 0.5) is 18.9 Å². The third-order valence-corrected chi connectivity index (χ3v) is 8.73. The molecule has 1 saturated carbocycles. The smallest absolute Gasteiger partial charge is 0.272 e. The number of hydrogen-bond donors (Lipinski definition) is 2. The molecular weight excluding hydrogens is 489 g/mol. The lowest BCUT2D eigenvalue weighted by Gasteiger charge is -2.45. The maximum atomic E-state index is 14.5. The zero-order chi connectivity index (χ0) is 25.0. The first-order valence-electron chi connectivity index (χ1n) is 12.7. The summed E-state index contributed by atoms with van der Waals surface area (Å²) in [5.74, 6) is -3.01. The van der Waals surface area contributed by atoms with Gasteiger partial charge in [0.05, 0.1) is 17.0 Å². The van der Waals surface area contributed by atoms with Crippen molar-refractivity contribution in [2.45, 2.75) is 62.4 Å². The lowest BCUT2D eigenvalue weighted by Crippen LogP contribution is -2.49. The Kier molecular flexibility index (Phi) is 5.99. The highest BCUT2D eigenvalue weighted by molar-refractivity contribution is 6.31. The van der Waals surface area contributed by atoms with E-state index in [0.717, 1.165) is 31.5 Å². The van der Waals surface area contributed by atoms with E-state index in [1.807, 2.05) is 24.3 Å². The molecule has 2 aliphatic heterocycles. The summed E-state index contributed by atoms with van der Waals surface area (Å²) in [5, 5.41) is 12.1. The summed E-state index contributed by atoms with van der Waals surface area (Å²) in [5.41, 5.74) is 1.74. The summed E-state index contributed by atoms with van der Waals surface area (Å²) in [7, 11) is 0. The molecule has 0 spiro atoms. The Hall–Kier alpha value is -2.58. The van der Waals surface area contributed by atoms with Gasteiger partial charge in [0.15, 0.2) is 0 Å². The van der Waals surface area contributed by atoms with Crippen molar-refractivity contribution in [2.75, 3.05) is 18.4 Å². The van der Waals surface area contributed by atoms with E-state index in [1.54, 1.807) is 0 Å². The van der Waals surface area contributed by atoms with Gasteiger partial charge in [-0.25, -0.2) is 18.3 Å². The zero-order valence-electron chi connectivity index (χ0n) is 19.7. The average molecular weight is 517 g/mol. The molecule has 1 aliphatic carbocycles. The molecule has 0 radical (unpaired) electrons. The predicted molar refractivity (Wildman–Crippen MR) is 135 cm³/mol. The van der Waals surface area contributed by atoms with Crippen molar-refractivity contribution in [3.8, 4) is 0 Å². The van der Waals surface area contributed by atoms with Gasteiger partial charge in [0.2, 0.25) is 5.92 Å². The van der Waals surface area contributed by atoms with E-state index in [4.69, 9.17) is 11.6 Å². The summed E-state index contributed by atoms with van der Waals surface area (Å²) in [6.45, 7) is 1.66. The first kappa shape index (κ1) is 23.8. The lowest BCUT2D eigenvalue weighted by atomic mass is 9.74. The van der Waals surface area contributed by atoms with E-state index in [2.05, 4.69) is 20.4 Å². The summed E-state index contributed by atoms with van der Waals surface area (Å²) in [6, 6.07) is 10.4. The van der Waals surface area contributed by atoms with Crippen molar-refractivity contribution >= 4 is 28.1 Å². The molecule has 1 aromatic heterocycles. The van der Waals surface area contributed by atoms with Crippen molar-refractivity contribution in [1.82, 2.24) is 15.1 Å². The number of hydrogen-bond acceptors (Lipinski definition) is 4. The fraction of sp³-hybridized carbons (Fsp3) is 0.481. The quantitative estimate of drug-likeness (QED) is 0.453.